The Morgan fingerprint density at radius 3 is 2.63 bits per heavy atom. The van der Waals surface area contributed by atoms with E-state index in [1.807, 2.05) is 0 Å². The predicted molar refractivity (Wildman–Crippen MR) is 64.5 cm³/mol. The molecule has 104 valence electrons. The molecule has 0 saturated heterocycles. The lowest BCUT2D eigenvalue weighted by Crippen LogP contribution is -2.49. The average Bonchev–Trinajstić information content (AvgIpc) is 2.25. The van der Waals surface area contributed by atoms with Crippen LogP contribution in [0.1, 0.15) is 11.1 Å². The maximum Gasteiger partial charge on any atom is 0.409 e. The lowest BCUT2D eigenvalue weighted by atomic mass is 9.85. The number of carbonyl (C=O) groups is 1. The highest BCUT2D eigenvalue weighted by atomic mass is 35.5. The van der Waals surface area contributed by atoms with Gasteiger partial charge in [-0.2, -0.15) is 13.2 Å². The quantitative estimate of drug-likeness (QED) is 0.835. The Balaban J connectivity index is 2.48. The van der Waals surface area contributed by atoms with E-state index in [0.29, 0.717) is 21.8 Å². The molecule has 1 aliphatic rings. The number of fused-ring (bicyclic) bond motifs is 1. The number of carboxylic acid groups (broad SMARTS) is 1. The van der Waals surface area contributed by atoms with Crippen LogP contribution in [0.5, 0.6) is 0 Å². The molecule has 1 aliphatic heterocycles. The molecular weight excluding hydrogens is 283 g/mol. The van der Waals surface area contributed by atoms with E-state index in [2.05, 4.69) is 5.32 Å². The van der Waals surface area contributed by atoms with E-state index < -0.39 is 24.1 Å². The Hall–Kier alpha value is -1.43. The number of alkyl halides is 3. The van der Waals surface area contributed by atoms with Crippen molar-refractivity contribution in [1.82, 2.24) is 0 Å². The van der Waals surface area contributed by atoms with Crippen LogP contribution >= 0.6 is 11.6 Å². The Labute approximate surface area is 112 Å². The van der Waals surface area contributed by atoms with Gasteiger partial charge in [0, 0.05) is 10.7 Å². The first-order chi connectivity index (χ1) is 8.70. The fraction of sp³-hybridized carbons (Fsp3) is 0.417. The molecule has 0 fully saturated rings. The molecule has 0 radical (unpaired) electrons. The second kappa shape index (κ2) is 4.59. The van der Waals surface area contributed by atoms with Gasteiger partial charge in [0.1, 0.15) is 6.04 Å². The first-order valence-electron chi connectivity index (χ1n) is 5.55. The zero-order valence-electron chi connectivity index (χ0n) is 9.88. The van der Waals surface area contributed by atoms with E-state index in [9.17, 15) is 18.0 Å². The number of aliphatic carboxylic acids is 1. The van der Waals surface area contributed by atoms with Gasteiger partial charge in [-0.05, 0) is 36.6 Å². The minimum absolute atomic E-state index is 0.191. The van der Waals surface area contributed by atoms with Crippen LogP contribution in [-0.4, -0.2) is 23.3 Å². The molecular formula is C12H11ClF3NO2. The van der Waals surface area contributed by atoms with Crippen molar-refractivity contribution in [2.75, 3.05) is 5.32 Å². The monoisotopic (exact) mass is 293 g/mol. The summed E-state index contributed by atoms with van der Waals surface area (Å²) < 4.78 is 38.7. The van der Waals surface area contributed by atoms with Crippen molar-refractivity contribution in [2.45, 2.75) is 25.6 Å². The minimum Gasteiger partial charge on any atom is -0.481 e. The van der Waals surface area contributed by atoms with Gasteiger partial charge in [-0.25, -0.2) is 0 Å². The smallest absolute Gasteiger partial charge is 0.409 e. The Morgan fingerprint density at radius 1 is 1.47 bits per heavy atom. The van der Waals surface area contributed by atoms with Gasteiger partial charge in [0.2, 0.25) is 0 Å². The topological polar surface area (TPSA) is 49.3 Å². The highest BCUT2D eigenvalue weighted by Crippen LogP contribution is 2.39. The summed E-state index contributed by atoms with van der Waals surface area (Å²) in [6, 6.07) is 0.957. The van der Waals surface area contributed by atoms with E-state index in [1.165, 1.54) is 6.07 Å². The van der Waals surface area contributed by atoms with Crippen LogP contribution in [0.25, 0.3) is 0 Å². The van der Waals surface area contributed by atoms with Crippen LogP contribution in [0.2, 0.25) is 5.02 Å². The van der Waals surface area contributed by atoms with Gasteiger partial charge < -0.3 is 10.4 Å². The van der Waals surface area contributed by atoms with Crippen molar-refractivity contribution in [3.8, 4) is 0 Å². The van der Waals surface area contributed by atoms with Crippen molar-refractivity contribution in [3.63, 3.8) is 0 Å². The molecule has 0 saturated carbocycles. The zero-order valence-corrected chi connectivity index (χ0v) is 10.6. The van der Waals surface area contributed by atoms with Crippen LogP contribution in [0.4, 0.5) is 18.9 Å². The number of nitrogens with one attached hydrogen (secondary N) is 1. The van der Waals surface area contributed by atoms with Crippen LogP contribution in [0.15, 0.2) is 12.1 Å². The standard InChI is InChI=1S/C12H11ClF3NO2/c1-5-2-7(13)3-6-4-8(11(18)19)10(12(14,15)16)17-9(5)6/h2-3,8,10,17H,4H2,1H3,(H,18,19). The van der Waals surface area contributed by atoms with Crippen LogP contribution < -0.4 is 5.32 Å². The minimum atomic E-state index is -4.62. The van der Waals surface area contributed by atoms with Gasteiger partial charge >= 0.3 is 12.1 Å². The average molecular weight is 294 g/mol. The number of aryl methyl sites for hydroxylation is 1. The summed E-state index contributed by atoms with van der Waals surface area (Å²) in [5.41, 5.74) is 1.39. The number of benzene rings is 1. The number of rotatable bonds is 1. The normalized spacial score (nSPS) is 22.6. The van der Waals surface area contributed by atoms with Crippen LogP contribution in [-0.2, 0) is 11.2 Å². The Kier molecular flexibility index (Phi) is 3.38. The van der Waals surface area contributed by atoms with Gasteiger partial charge in [-0.15, -0.1) is 0 Å². The Bertz CT molecular complexity index is 530. The number of anilines is 1. The van der Waals surface area contributed by atoms with Crippen molar-refractivity contribution in [3.05, 3.63) is 28.3 Å². The summed E-state index contributed by atoms with van der Waals surface area (Å²) in [4.78, 5) is 11.0. The fourth-order valence-corrected chi connectivity index (χ4v) is 2.63. The van der Waals surface area contributed by atoms with Crippen molar-refractivity contribution in [2.24, 2.45) is 5.92 Å². The third-order valence-electron chi connectivity index (χ3n) is 3.19. The molecule has 2 unspecified atom stereocenters. The number of hydrogen-bond acceptors (Lipinski definition) is 2. The van der Waals surface area contributed by atoms with Crippen molar-refractivity contribution < 1.29 is 23.1 Å². The van der Waals surface area contributed by atoms with Crippen molar-refractivity contribution in [1.29, 1.82) is 0 Å². The molecule has 7 heteroatoms. The lowest BCUT2D eigenvalue weighted by molar-refractivity contribution is -0.169. The molecule has 3 nitrogen and oxygen atoms in total. The summed E-state index contributed by atoms with van der Waals surface area (Å²) in [7, 11) is 0. The molecule has 0 bridgehead atoms. The molecule has 2 rings (SSSR count). The summed E-state index contributed by atoms with van der Waals surface area (Å²) in [6.07, 6.45) is -4.81. The Morgan fingerprint density at radius 2 is 2.11 bits per heavy atom. The summed E-state index contributed by atoms with van der Waals surface area (Å²) in [5, 5.41) is 11.6. The SMILES string of the molecule is Cc1cc(Cl)cc2c1NC(C(F)(F)F)C(C(=O)O)C2. The molecule has 0 amide bonds. The highest BCUT2D eigenvalue weighted by molar-refractivity contribution is 6.30. The molecule has 1 aromatic rings. The van der Waals surface area contributed by atoms with E-state index >= 15 is 0 Å². The summed E-state index contributed by atoms with van der Waals surface area (Å²) in [5.74, 6) is -3.02. The van der Waals surface area contributed by atoms with E-state index in [-0.39, 0.29) is 6.42 Å². The van der Waals surface area contributed by atoms with Gasteiger partial charge in [0.15, 0.2) is 0 Å². The van der Waals surface area contributed by atoms with Gasteiger partial charge in [0.05, 0.1) is 5.92 Å². The first kappa shape index (κ1) is 14.0. The number of carboxylic acids is 1. The maximum atomic E-state index is 12.9. The molecule has 2 N–H and O–H groups in total. The third-order valence-corrected chi connectivity index (χ3v) is 3.41. The lowest BCUT2D eigenvalue weighted by Gasteiger charge is -2.34. The molecule has 0 aromatic heterocycles. The van der Waals surface area contributed by atoms with E-state index in [0.717, 1.165) is 0 Å². The van der Waals surface area contributed by atoms with Gasteiger partial charge in [-0.3, -0.25) is 4.79 Å². The van der Waals surface area contributed by atoms with Gasteiger partial charge in [0.25, 0.3) is 0 Å². The van der Waals surface area contributed by atoms with E-state index in [4.69, 9.17) is 16.7 Å². The summed E-state index contributed by atoms with van der Waals surface area (Å²) in [6.45, 7) is 1.63. The largest absolute Gasteiger partial charge is 0.481 e. The maximum absolute atomic E-state index is 12.9. The molecule has 0 aliphatic carbocycles. The molecule has 1 heterocycles. The van der Waals surface area contributed by atoms with E-state index in [1.54, 1.807) is 13.0 Å². The second-order valence-electron chi connectivity index (χ2n) is 4.57. The number of hydrogen-bond donors (Lipinski definition) is 2. The summed E-state index contributed by atoms with van der Waals surface area (Å²) >= 11 is 5.84. The zero-order chi connectivity index (χ0) is 14.4. The fourth-order valence-electron chi connectivity index (χ4n) is 2.33. The highest BCUT2D eigenvalue weighted by Gasteiger charge is 2.50. The molecule has 0 spiro atoms. The third kappa shape index (κ3) is 2.63. The second-order valence-corrected chi connectivity index (χ2v) is 5.01. The van der Waals surface area contributed by atoms with Gasteiger partial charge in [-0.1, -0.05) is 11.6 Å². The molecule has 2 atom stereocenters. The van der Waals surface area contributed by atoms with Crippen LogP contribution in [0.3, 0.4) is 0 Å². The number of halogens is 4. The predicted octanol–water partition coefficient (Wildman–Crippen LogP) is 3.25. The van der Waals surface area contributed by atoms with Crippen molar-refractivity contribution >= 4 is 23.3 Å². The molecule has 19 heavy (non-hydrogen) atoms. The van der Waals surface area contributed by atoms with Crippen LogP contribution in [0, 0.1) is 12.8 Å². The molecule has 1 aromatic carbocycles. The first-order valence-corrected chi connectivity index (χ1v) is 5.93.